The van der Waals surface area contributed by atoms with Crippen LogP contribution in [0.15, 0.2) is 18.3 Å². The number of nitrogens with zero attached hydrogens (tertiary/aromatic N) is 2. The Morgan fingerprint density at radius 1 is 1.48 bits per heavy atom. The molecule has 0 aliphatic carbocycles. The maximum absolute atomic E-state index is 5.82. The van der Waals surface area contributed by atoms with Crippen molar-refractivity contribution in [2.75, 3.05) is 31.6 Å². The van der Waals surface area contributed by atoms with Crippen LogP contribution in [0.5, 0.6) is 0 Å². The highest BCUT2D eigenvalue weighted by molar-refractivity contribution is 5.41. The van der Waals surface area contributed by atoms with Gasteiger partial charge in [0.15, 0.2) is 0 Å². The quantitative estimate of drug-likeness (QED) is 0.837. The number of rotatable bonds is 7. The van der Waals surface area contributed by atoms with E-state index in [0.717, 1.165) is 31.9 Å². The van der Waals surface area contributed by atoms with E-state index in [4.69, 9.17) is 4.74 Å². The van der Waals surface area contributed by atoms with Crippen molar-refractivity contribution < 1.29 is 4.74 Å². The Morgan fingerprint density at radius 2 is 2.33 bits per heavy atom. The molecule has 21 heavy (non-hydrogen) atoms. The van der Waals surface area contributed by atoms with Gasteiger partial charge in [-0.2, -0.15) is 0 Å². The minimum absolute atomic E-state index is 0.352. The second-order valence-corrected chi connectivity index (χ2v) is 5.99. The molecule has 118 valence electrons. The van der Waals surface area contributed by atoms with Crippen LogP contribution in [0.4, 0.5) is 5.82 Å². The molecule has 1 fully saturated rings. The molecule has 4 nitrogen and oxygen atoms in total. The molecule has 2 rings (SSSR count). The van der Waals surface area contributed by atoms with Crippen LogP contribution < -0.4 is 10.2 Å². The monoisotopic (exact) mass is 291 g/mol. The molecule has 0 spiro atoms. The predicted octanol–water partition coefficient (Wildman–Crippen LogP) is 3.15. The van der Waals surface area contributed by atoms with Crippen molar-refractivity contribution >= 4 is 5.82 Å². The van der Waals surface area contributed by atoms with E-state index in [-0.39, 0.29) is 0 Å². The van der Waals surface area contributed by atoms with E-state index >= 15 is 0 Å². The predicted molar refractivity (Wildman–Crippen MR) is 87.8 cm³/mol. The van der Waals surface area contributed by atoms with Gasteiger partial charge in [-0.25, -0.2) is 4.98 Å². The maximum Gasteiger partial charge on any atom is 0.128 e. The molecule has 0 aromatic carbocycles. The molecule has 1 N–H and O–H groups in total. The van der Waals surface area contributed by atoms with Crippen molar-refractivity contribution in [3.05, 3.63) is 23.9 Å². The van der Waals surface area contributed by atoms with E-state index in [1.54, 1.807) is 0 Å². The van der Waals surface area contributed by atoms with Crippen molar-refractivity contribution in [2.45, 2.75) is 51.7 Å². The van der Waals surface area contributed by atoms with Crippen LogP contribution in [0.3, 0.4) is 0 Å². The molecule has 4 heteroatoms. The van der Waals surface area contributed by atoms with Crippen LogP contribution in [-0.4, -0.2) is 37.8 Å². The molecule has 0 radical (unpaired) electrons. The van der Waals surface area contributed by atoms with Crippen LogP contribution in [0.1, 0.15) is 51.1 Å². The van der Waals surface area contributed by atoms with E-state index in [2.05, 4.69) is 48.2 Å². The Balaban J connectivity index is 1.95. The number of hydrogen-bond donors (Lipinski definition) is 1. The molecule has 0 amide bonds. The molecule has 1 aromatic rings. The fraction of sp³-hybridized carbons (Fsp3) is 0.706. The van der Waals surface area contributed by atoms with Crippen molar-refractivity contribution in [3.8, 4) is 0 Å². The normalized spacial score (nSPS) is 20.2. The lowest BCUT2D eigenvalue weighted by molar-refractivity contribution is 0.0215. The smallest absolute Gasteiger partial charge is 0.128 e. The van der Waals surface area contributed by atoms with Crippen LogP contribution in [0, 0.1) is 0 Å². The molecule has 2 unspecified atom stereocenters. The Hall–Kier alpha value is -1.13. The first kappa shape index (κ1) is 16.2. The maximum atomic E-state index is 5.82. The number of anilines is 1. The van der Waals surface area contributed by atoms with Gasteiger partial charge in [0.25, 0.3) is 0 Å². The largest absolute Gasteiger partial charge is 0.376 e. The van der Waals surface area contributed by atoms with Crippen LogP contribution in [0.25, 0.3) is 0 Å². The van der Waals surface area contributed by atoms with Gasteiger partial charge in [-0.05, 0) is 56.8 Å². The number of nitrogens with one attached hydrogen (secondary N) is 1. The second-order valence-electron chi connectivity index (χ2n) is 5.99. The minimum Gasteiger partial charge on any atom is -0.376 e. The first-order valence-corrected chi connectivity index (χ1v) is 8.22. The lowest BCUT2D eigenvalue weighted by atomic mass is 10.1. The third-order valence-corrected chi connectivity index (χ3v) is 4.11. The zero-order valence-electron chi connectivity index (χ0n) is 13.6. The summed E-state index contributed by atoms with van der Waals surface area (Å²) in [4.78, 5) is 6.72. The van der Waals surface area contributed by atoms with E-state index < -0.39 is 0 Å². The van der Waals surface area contributed by atoms with Crippen molar-refractivity contribution in [1.82, 2.24) is 10.3 Å². The highest BCUT2D eigenvalue weighted by atomic mass is 16.5. The summed E-state index contributed by atoms with van der Waals surface area (Å²) in [6.07, 6.45) is 7.07. The number of likely N-dealkylation sites (N-methyl/N-ethyl adjacent to an activating group) is 1. The van der Waals surface area contributed by atoms with Gasteiger partial charge < -0.3 is 15.0 Å². The van der Waals surface area contributed by atoms with Crippen LogP contribution >= 0.6 is 0 Å². The summed E-state index contributed by atoms with van der Waals surface area (Å²) in [6, 6.07) is 4.66. The standard InChI is InChI=1S/C17H29N3O/c1-4-9-18-14(2)15-8-10-19-17(12-15)20(3)13-16-7-5-6-11-21-16/h8,10,12,14,16,18H,4-7,9,11,13H2,1-3H3. The van der Waals surface area contributed by atoms with Gasteiger partial charge in [0.2, 0.25) is 0 Å². The van der Waals surface area contributed by atoms with Gasteiger partial charge in [-0.15, -0.1) is 0 Å². The Bertz CT molecular complexity index is 418. The fourth-order valence-electron chi connectivity index (χ4n) is 2.74. The van der Waals surface area contributed by atoms with Gasteiger partial charge in [-0.1, -0.05) is 6.92 Å². The SMILES string of the molecule is CCCNC(C)c1ccnc(N(C)CC2CCCCO2)c1. The summed E-state index contributed by atoms with van der Waals surface area (Å²) >= 11 is 0. The van der Waals surface area contributed by atoms with E-state index in [0.29, 0.717) is 12.1 Å². The highest BCUT2D eigenvalue weighted by Gasteiger charge is 2.17. The average molecular weight is 291 g/mol. The molecule has 1 aliphatic rings. The Kier molecular flexibility index (Phi) is 6.46. The zero-order valence-corrected chi connectivity index (χ0v) is 13.6. The van der Waals surface area contributed by atoms with Crippen LogP contribution in [0.2, 0.25) is 0 Å². The number of pyridine rings is 1. The summed E-state index contributed by atoms with van der Waals surface area (Å²) in [5, 5.41) is 3.53. The fourth-order valence-corrected chi connectivity index (χ4v) is 2.74. The molecule has 2 atom stereocenters. The Morgan fingerprint density at radius 3 is 3.05 bits per heavy atom. The molecule has 2 heterocycles. The zero-order chi connectivity index (χ0) is 15.1. The third-order valence-electron chi connectivity index (χ3n) is 4.11. The number of ether oxygens (including phenoxy) is 1. The lowest BCUT2D eigenvalue weighted by Gasteiger charge is -2.28. The summed E-state index contributed by atoms with van der Waals surface area (Å²) in [7, 11) is 2.11. The molecule has 0 saturated carbocycles. The first-order chi connectivity index (χ1) is 10.2. The van der Waals surface area contributed by atoms with Gasteiger partial charge >= 0.3 is 0 Å². The number of aromatic nitrogens is 1. The molecule has 1 aliphatic heterocycles. The van der Waals surface area contributed by atoms with Gasteiger partial charge in [-0.3, -0.25) is 0 Å². The summed E-state index contributed by atoms with van der Waals surface area (Å²) in [5.41, 5.74) is 1.30. The molecule has 1 saturated heterocycles. The number of hydrogen-bond acceptors (Lipinski definition) is 4. The van der Waals surface area contributed by atoms with Crippen molar-refractivity contribution in [1.29, 1.82) is 0 Å². The van der Waals surface area contributed by atoms with E-state index in [1.807, 2.05) is 6.20 Å². The molecular formula is C17H29N3O. The molecular weight excluding hydrogens is 262 g/mol. The highest BCUT2D eigenvalue weighted by Crippen LogP contribution is 2.20. The summed E-state index contributed by atoms with van der Waals surface area (Å²) < 4.78 is 5.82. The molecule has 1 aromatic heterocycles. The average Bonchev–Trinajstić information content (AvgIpc) is 2.53. The van der Waals surface area contributed by atoms with Gasteiger partial charge in [0, 0.05) is 32.4 Å². The van der Waals surface area contributed by atoms with E-state index in [9.17, 15) is 0 Å². The van der Waals surface area contributed by atoms with Gasteiger partial charge in [0.1, 0.15) is 5.82 Å². The second kappa shape index (κ2) is 8.35. The van der Waals surface area contributed by atoms with Crippen molar-refractivity contribution in [3.63, 3.8) is 0 Å². The molecule has 0 bridgehead atoms. The van der Waals surface area contributed by atoms with E-state index in [1.165, 1.54) is 24.8 Å². The lowest BCUT2D eigenvalue weighted by Crippen LogP contribution is -2.33. The summed E-state index contributed by atoms with van der Waals surface area (Å²) in [5.74, 6) is 1.03. The third kappa shape index (κ3) is 4.97. The van der Waals surface area contributed by atoms with Gasteiger partial charge in [0.05, 0.1) is 6.10 Å². The van der Waals surface area contributed by atoms with Crippen LogP contribution in [-0.2, 0) is 4.74 Å². The topological polar surface area (TPSA) is 37.4 Å². The van der Waals surface area contributed by atoms with Crippen molar-refractivity contribution in [2.24, 2.45) is 0 Å². The Labute approximate surface area is 128 Å². The minimum atomic E-state index is 0.352. The first-order valence-electron chi connectivity index (χ1n) is 8.22. The summed E-state index contributed by atoms with van der Waals surface area (Å²) in [6.45, 7) is 7.27.